The molecule has 2 aliphatic rings. The van der Waals surface area contributed by atoms with E-state index in [1.807, 2.05) is 19.1 Å². The average molecular weight is 299 g/mol. The van der Waals surface area contributed by atoms with Crippen LogP contribution in [0.5, 0.6) is 5.75 Å². The van der Waals surface area contributed by atoms with Crippen LogP contribution in [0.2, 0.25) is 0 Å². The van der Waals surface area contributed by atoms with Crippen molar-refractivity contribution in [1.29, 1.82) is 0 Å². The van der Waals surface area contributed by atoms with Gasteiger partial charge in [0.05, 0.1) is 12.6 Å². The van der Waals surface area contributed by atoms with Crippen LogP contribution in [-0.2, 0) is 4.79 Å². The summed E-state index contributed by atoms with van der Waals surface area (Å²) in [6, 6.07) is 8.49. The first-order valence-corrected chi connectivity index (χ1v) is 8.47. The van der Waals surface area contributed by atoms with Crippen molar-refractivity contribution < 1.29 is 9.53 Å². The standard InChI is InChI=1S/C19H25NO2/c1-2-22-17-11-9-16(10-12-17)18-8-5-13-20(18)19(21)14-15-6-3-4-7-15/h3,6,9-12,15,18H,2,4-5,7-8,13-14H2,1H3. The lowest BCUT2D eigenvalue weighted by Crippen LogP contribution is -2.31. The molecule has 1 aliphatic carbocycles. The summed E-state index contributed by atoms with van der Waals surface area (Å²) in [4.78, 5) is 14.7. The fourth-order valence-corrected chi connectivity index (χ4v) is 3.57. The van der Waals surface area contributed by atoms with E-state index in [9.17, 15) is 4.79 Å². The summed E-state index contributed by atoms with van der Waals surface area (Å²) in [5, 5.41) is 0. The number of likely N-dealkylation sites (tertiary alicyclic amines) is 1. The van der Waals surface area contributed by atoms with E-state index < -0.39 is 0 Å². The molecule has 1 heterocycles. The first-order valence-electron chi connectivity index (χ1n) is 8.47. The van der Waals surface area contributed by atoms with E-state index in [2.05, 4.69) is 29.2 Å². The van der Waals surface area contributed by atoms with Gasteiger partial charge in [-0.2, -0.15) is 0 Å². The van der Waals surface area contributed by atoms with Gasteiger partial charge in [-0.25, -0.2) is 0 Å². The van der Waals surface area contributed by atoms with Crippen molar-refractivity contribution in [3.05, 3.63) is 42.0 Å². The monoisotopic (exact) mass is 299 g/mol. The molecule has 1 amide bonds. The fourth-order valence-electron chi connectivity index (χ4n) is 3.57. The minimum Gasteiger partial charge on any atom is -0.494 e. The second-order valence-electron chi connectivity index (χ2n) is 6.22. The lowest BCUT2D eigenvalue weighted by Gasteiger charge is -2.26. The number of carbonyl (C=O) groups is 1. The van der Waals surface area contributed by atoms with E-state index >= 15 is 0 Å². The van der Waals surface area contributed by atoms with Gasteiger partial charge in [0.15, 0.2) is 0 Å². The van der Waals surface area contributed by atoms with Gasteiger partial charge >= 0.3 is 0 Å². The van der Waals surface area contributed by atoms with Gasteiger partial charge in [0.25, 0.3) is 0 Å². The summed E-state index contributed by atoms with van der Waals surface area (Å²) < 4.78 is 5.50. The molecule has 0 bridgehead atoms. The largest absolute Gasteiger partial charge is 0.494 e. The first kappa shape index (κ1) is 15.1. The maximum atomic E-state index is 12.6. The Balaban J connectivity index is 1.66. The number of amides is 1. The molecular formula is C19H25NO2. The highest BCUT2D eigenvalue weighted by molar-refractivity contribution is 5.77. The van der Waals surface area contributed by atoms with Crippen LogP contribution in [0.3, 0.4) is 0 Å². The predicted octanol–water partition coefficient (Wildman–Crippen LogP) is 4.11. The molecule has 2 atom stereocenters. The molecule has 22 heavy (non-hydrogen) atoms. The van der Waals surface area contributed by atoms with Crippen molar-refractivity contribution >= 4 is 5.91 Å². The van der Waals surface area contributed by atoms with Gasteiger partial charge in [0.2, 0.25) is 5.91 Å². The van der Waals surface area contributed by atoms with Crippen LogP contribution in [0.15, 0.2) is 36.4 Å². The van der Waals surface area contributed by atoms with Crippen molar-refractivity contribution in [1.82, 2.24) is 4.90 Å². The van der Waals surface area contributed by atoms with Gasteiger partial charge in [-0.15, -0.1) is 0 Å². The molecule has 3 nitrogen and oxygen atoms in total. The topological polar surface area (TPSA) is 29.5 Å². The molecule has 3 heteroatoms. The van der Waals surface area contributed by atoms with E-state index in [1.165, 1.54) is 5.56 Å². The number of carbonyl (C=O) groups excluding carboxylic acids is 1. The second-order valence-corrected chi connectivity index (χ2v) is 6.22. The predicted molar refractivity (Wildman–Crippen MR) is 87.8 cm³/mol. The highest BCUT2D eigenvalue weighted by atomic mass is 16.5. The zero-order chi connectivity index (χ0) is 15.4. The van der Waals surface area contributed by atoms with Gasteiger partial charge < -0.3 is 9.64 Å². The molecule has 0 N–H and O–H groups in total. The minimum absolute atomic E-state index is 0.244. The SMILES string of the molecule is CCOc1ccc(C2CCCN2C(=O)CC2C=CCC2)cc1. The van der Waals surface area contributed by atoms with Crippen molar-refractivity contribution in [2.45, 2.75) is 45.1 Å². The Kier molecular flexibility index (Phi) is 4.81. The number of nitrogens with zero attached hydrogens (tertiary/aromatic N) is 1. The van der Waals surface area contributed by atoms with Crippen LogP contribution >= 0.6 is 0 Å². The van der Waals surface area contributed by atoms with E-state index in [0.29, 0.717) is 24.9 Å². The van der Waals surface area contributed by atoms with Crippen LogP contribution in [0.25, 0.3) is 0 Å². The lowest BCUT2D eigenvalue weighted by molar-refractivity contribution is -0.132. The Labute approximate surface area is 133 Å². The maximum absolute atomic E-state index is 12.6. The number of benzene rings is 1. The zero-order valence-electron chi connectivity index (χ0n) is 13.3. The number of rotatable bonds is 5. The Morgan fingerprint density at radius 3 is 2.77 bits per heavy atom. The minimum atomic E-state index is 0.244. The zero-order valence-corrected chi connectivity index (χ0v) is 13.3. The van der Waals surface area contributed by atoms with Crippen molar-refractivity contribution in [3.8, 4) is 5.75 Å². The summed E-state index contributed by atoms with van der Waals surface area (Å²) in [7, 11) is 0. The Bertz CT molecular complexity index is 535. The summed E-state index contributed by atoms with van der Waals surface area (Å²) in [5.41, 5.74) is 1.23. The third kappa shape index (κ3) is 3.34. The molecule has 0 radical (unpaired) electrons. The number of ether oxygens (including phenoxy) is 1. The van der Waals surface area contributed by atoms with Gasteiger partial charge in [-0.1, -0.05) is 24.3 Å². The molecule has 0 spiro atoms. The fraction of sp³-hybridized carbons (Fsp3) is 0.526. The summed E-state index contributed by atoms with van der Waals surface area (Å²) in [5.74, 6) is 1.67. The normalized spacial score (nSPS) is 24.0. The molecule has 1 aliphatic heterocycles. The third-order valence-corrected chi connectivity index (χ3v) is 4.70. The van der Waals surface area contributed by atoms with Gasteiger partial charge in [0.1, 0.15) is 5.75 Å². The van der Waals surface area contributed by atoms with E-state index in [0.717, 1.165) is 38.0 Å². The highest BCUT2D eigenvalue weighted by Gasteiger charge is 2.30. The Morgan fingerprint density at radius 2 is 2.09 bits per heavy atom. The lowest BCUT2D eigenvalue weighted by atomic mass is 10.0. The Hall–Kier alpha value is -1.77. The van der Waals surface area contributed by atoms with Crippen molar-refractivity contribution in [3.63, 3.8) is 0 Å². The first-order chi connectivity index (χ1) is 10.8. The average Bonchev–Trinajstić information content (AvgIpc) is 3.19. The van der Waals surface area contributed by atoms with Crippen LogP contribution in [0, 0.1) is 5.92 Å². The van der Waals surface area contributed by atoms with Crippen LogP contribution in [-0.4, -0.2) is 24.0 Å². The molecule has 1 aromatic rings. The molecule has 118 valence electrons. The van der Waals surface area contributed by atoms with Crippen molar-refractivity contribution in [2.75, 3.05) is 13.2 Å². The van der Waals surface area contributed by atoms with Crippen molar-refractivity contribution in [2.24, 2.45) is 5.92 Å². The second kappa shape index (κ2) is 6.99. The molecule has 1 fully saturated rings. The summed E-state index contributed by atoms with van der Waals surface area (Å²) in [6.45, 7) is 3.57. The molecular weight excluding hydrogens is 274 g/mol. The Morgan fingerprint density at radius 1 is 1.27 bits per heavy atom. The smallest absolute Gasteiger partial charge is 0.223 e. The molecule has 0 aromatic heterocycles. The van der Waals surface area contributed by atoms with E-state index in [-0.39, 0.29) is 6.04 Å². The van der Waals surface area contributed by atoms with Gasteiger partial charge in [-0.3, -0.25) is 4.79 Å². The van der Waals surface area contributed by atoms with Crippen LogP contribution < -0.4 is 4.74 Å². The molecule has 1 aromatic carbocycles. The maximum Gasteiger partial charge on any atom is 0.223 e. The number of hydrogen-bond donors (Lipinski definition) is 0. The molecule has 3 rings (SSSR count). The molecule has 1 saturated heterocycles. The van der Waals surface area contributed by atoms with Crippen LogP contribution in [0.4, 0.5) is 0 Å². The van der Waals surface area contributed by atoms with Crippen LogP contribution in [0.1, 0.15) is 50.6 Å². The van der Waals surface area contributed by atoms with E-state index in [1.54, 1.807) is 0 Å². The number of hydrogen-bond acceptors (Lipinski definition) is 2. The third-order valence-electron chi connectivity index (χ3n) is 4.70. The quantitative estimate of drug-likeness (QED) is 0.766. The highest BCUT2D eigenvalue weighted by Crippen LogP contribution is 2.34. The van der Waals surface area contributed by atoms with Gasteiger partial charge in [0, 0.05) is 13.0 Å². The molecule has 0 saturated carbocycles. The summed E-state index contributed by atoms with van der Waals surface area (Å²) in [6.07, 6.45) is 9.51. The summed E-state index contributed by atoms with van der Waals surface area (Å²) >= 11 is 0. The van der Waals surface area contributed by atoms with E-state index in [4.69, 9.17) is 4.74 Å². The molecule has 2 unspecified atom stereocenters. The van der Waals surface area contributed by atoms with Gasteiger partial charge in [-0.05, 0) is 56.2 Å². The number of allylic oxidation sites excluding steroid dienone is 2.